The molecule has 5 nitrogen and oxygen atoms in total. The summed E-state index contributed by atoms with van der Waals surface area (Å²) in [4.78, 5) is 2.37. The minimum Gasteiger partial charge on any atom is -0.495 e. The van der Waals surface area contributed by atoms with Crippen molar-refractivity contribution in [1.82, 2.24) is 0 Å². The third-order valence-corrected chi connectivity index (χ3v) is 5.64. The number of hydrogen-bond donors (Lipinski definition) is 1. The number of rotatable bonds is 6. The largest absolute Gasteiger partial charge is 0.495 e. The van der Waals surface area contributed by atoms with Crippen molar-refractivity contribution in [1.29, 1.82) is 0 Å². The third-order valence-electron chi connectivity index (χ3n) is 4.66. The molecule has 0 bridgehead atoms. The van der Waals surface area contributed by atoms with Crippen molar-refractivity contribution in [2.45, 2.75) is 32.6 Å². The van der Waals surface area contributed by atoms with Crippen molar-refractivity contribution in [2.24, 2.45) is 5.92 Å². The fourth-order valence-electron chi connectivity index (χ4n) is 3.23. The van der Waals surface area contributed by atoms with E-state index >= 15 is 0 Å². The summed E-state index contributed by atoms with van der Waals surface area (Å²) in [6, 6.07) is 4.04. The molecule has 1 aromatic carbocycles. The number of ether oxygens (including phenoxy) is 1. The van der Waals surface area contributed by atoms with Gasteiger partial charge in [0.2, 0.25) is 0 Å². The van der Waals surface area contributed by atoms with Gasteiger partial charge in [0.05, 0.1) is 18.6 Å². The van der Waals surface area contributed by atoms with E-state index in [0.717, 1.165) is 44.5 Å². The van der Waals surface area contributed by atoms with Gasteiger partial charge in [0.15, 0.2) is 0 Å². The van der Waals surface area contributed by atoms with Gasteiger partial charge < -0.3 is 15.4 Å². The fourth-order valence-corrected chi connectivity index (χ4v) is 3.99. The number of nitrogens with two attached hydrogens (primary N) is 1. The fraction of sp³-hybridized carbons (Fsp3) is 0.647. The van der Waals surface area contributed by atoms with Gasteiger partial charge in [0.1, 0.15) is 15.6 Å². The highest BCUT2D eigenvalue weighted by molar-refractivity contribution is 7.90. The highest BCUT2D eigenvalue weighted by Gasteiger charge is 2.22. The molecule has 0 unspecified atom stereocenters. The summed E-state index contributed by atoms with van der Waals surface area (Å²) in [7, 11) is -1.22. The molecule has 0 aliphatic carbocycles. The van der Waals surface area contributed by atoms with Crippen LogP contribution in [0.2, 0.25) is 0 Å². The van der Waals surface area contributed by atoms with E-state index in [1.165, 1.54) is 17.5 Å². The molecule has 1 saturated heterocycles. The van der Waals surface area contributed by atoms with Crippen LogP contribution in [0, 0.1) is 5.92 Å². The molecule has 1 aliphatic rings. The third kappa shape index (κ3) is 4.77. The first-order chi connectivity index (χ1) is 10.8. The van der Waals surface area contributed by atoms with Crippen LogP contribution in [0.1, 0.15) is 31.7 Å². The minimum atomic E-state index is -2.86. The van der Waals surface area contributed by atoms with Crippen molar-refractivity contribution in [3.8, 4) is 5.75 Å². The van der Waals surface area contributed by atoms with Crippen LogP contribution in [0.4, 0.5) is 11.4 Å². The lowest BCUT2D eigenvalue weighted by Gasteiger charge is -2.35. The zero-order chi connectivity index (χ0) is 17.0. The number of hydrogen-bond acceptors (Lipinski definition) is 5. The summed E-state index contributed by atoms with van der Waals surface area (Å²) in [6.07, 6.45) is 5.09. The standard InChI is InChI=1S/C17H28N2O3S/c1-4-14-11-15(18)17(22-2)12-16(14)19-8-5-13(6-9-19)7-10-23(3,20)21/h11-13H,4-10,18H2,1-3H3. The molecule has 130 valence electrons. The molecule has 1 heterocycles. The lowest BCUT2D eigenvalue weighted by molar-refractivity contribution is 0.393. The Hall–Kier alpha value is -1.43. The lowest BCUT2D eigenvalue weighted by atomic mass is 9.93. The Kier molecular flexibility index (Phi) is 5.79. The zero-order valence-electron chi connectivity index (χ0n) is 14.3. The van der Waals surface area contributed by atoms with Gasteiger partial charge in [-0.3, -0.25) is 0 Å². The van der Waals surface area contributed by atoms with Gasteiger partial charge in [0, 0.05) is 31.1 Å². The van der Waals surface area contributed by atoms with Gasteiger partial charge in [0.25, 0.3) is 0 Å². The van der Waals surface area contributed by atoms with Crippen LogP contribution < -0.4 is 15.4 Å². The van der Waals surface area contributed by atoms with E-state index in [9.17, 15) is 8.42 Å². The molecule has 1 fully saturated rings. The Morgan fingerprint density at radius 1 is 1.30 bits per heavy atom. The van der Waals surface area contributed by atoms with Crippen LogP contribution in [-0.4, -0.2) is 40.6 Å². The van der Waals surface area contributed by atoms with Crippen LogP contribution in [0.3, 0.4) is 0 Å². The first-order valence-electron chi connectivity index (χ1n) is 8.23. The topological polar surface area (TPSA) is 72.6 Å². The first-order valence-corrected chi connectivity index (χ1v) is 10.3. The molecule has 2 rings (SSSR count). The summed E-state index contributed by atoms with van der Waals surface area (Å²) in [6.45, 7) is 4.03. The molecule has 0 radical (unpaired) electrons. The average Bonchev–Trinajstić information content (AvgIpc) is 2.52. The molecule has 1 aliphatic heterocycles. The monoisotopic (exact) mass is 340 g/mol. The van der Waals surface area contributed by atoms with Gasteiger partial charge >= 0.3 is 0 Å². The predicted molar refractivity (Wildman–Crippen MR) is 96.0 cm³/mol. The normalized spacial score (nSPS) is 16.6. The van der Waals surface area contributed by atoms with Crippen molar-refractivity contribution < 1.29 is 13.2 Å². The molecular formula is C17H28N2O3S. The number of benzene rings is 1. The smallest absolute Gasteiger partial charge is 0.147 e. The van der Waals surface area contributed by atoms with Crippen LogP contribution in [-0.2, 0) is 16.3 Å². The zero-order valence-corrected chi connectivity index (χ0v) is 15.2. The van der Waals surface area contributed by atoms with E-state index in [4.69, 9.17) is 10.5 Å². The van der Waals surface area contributed by atoms with Crippen molar-refractivity contribution >= 4 is 21.2 Å². The summed E-state index contributed by atoms with van der Waals surface area (Å²) in [5, 5.41) is 0. The van der Waals surface area contributed by atoms with Gasteiger partial charge in [-0.2, -0.15) is 0 Å². The van der Waals surface area contributed by atoms with E-state index in [2.05, 4.69) is 11.8 Å². The predicted octanol–water partition coefficient (Wildman–Crippen LogP) is 2.49. The van der Waals surface area contributed by atoms with Crippen LogP contribution in [0.5, 0.6) is 5.75 Å². The maximum atomic E-state index is 11.3. The minimum absolute atomic E-state index is 0.299. The number of aryl methyl sites for hydroxylation is 1. The van der Waals surface area contributed by atoms with Crippen LogP contribution in [0.15, 0.2) is 12.1 Å². The second-order valence-corrected chi connectivity index (χ2v) is 8.69. The van der Waals surface area contributed by atoms with Gasteiger partial charge in [-0.15, -0.1) is 0 Å². The van der Waals surface area contributed by atoms with Gasteiger partial charge in [-0.05, 0) is 43.2 Å². The average molecular weight is 340 g/mol. The van der Waals surface area contributed by atoms with E-state index in [-0.39, 0.29) is 0 Å². The van der Waals surface area contributed by atoms with Crippen molar-refractivity contribution in [3.63, 3.8) is 0 Å². The van der Waals surface area contributed by atoms with E-state index in [1.54, 1.807) is 7.11 Å². The number of anilines is 2. The number of piperidine rings is 1. The molecule has 23 heavy (non-hydrogen) atoms. The summed E-state index contributed by atoms with van der Waals surface area (Å²) >= 11 is 0. The Morgan fingerprint density at radius 2 is 1.96 bits per heavy atom. The SMILES string of the molecule is CCc1cc(N)c(OC)cc1N1CCC(CCS(C)(=O)=O)CC1. The number of nitrogens with zero attached hydrogens (tertiary/aromatic N) is 1. The molecule has 0 saturated carbocycles. The maximum Gasteiger partial charge on any atom is 0.147 e. The Bertz CT molecular complexity index is 635. The number of methoxy groups -OCH3 is 1. The second kappa shape index (κ2) is 7.43. The molecule has 0 atom stereocenters. The lowest BCUT2D eigenvalue weighted by Crippen LogP contribution is -2.34. The molecule has 6 heteroatoms. The number of nitrogen functional groups attached to an aromatic ring is 1. The Balaban J connectivity index is 2.05. The maximum absolute atomic E-state index is 11.3. The molecular weight excluding hydrogens is 312 g/mol. The molecule has 0 aromatic heterocycles. The van der Waals surface area contributed by atoms with Crippen molar-refractivity contribution in [2.75, 3.05) is 42.8 Å². The number of sulfone groups is 1. The Labute approximate surface area is 139 Å². The first kappa shape index (κ1) is 17.9. The molecule has 2 N–H and O–H groups in total. The van der Waals surface area contributed by atoms with E-state index < -0.39 is 9.84 Å². The molecule has 0 spiro atoms. The van der Waals surface area contributed by atoms with Crippen molar-refractivity contribution in [3.05, 3.63) is 17.7 Å². The van der Waals surface area contributed by atoms with Gasteiger partial charge in [-0.1, -0.05) is 6.92 Å². The van der Waals surface area contributed by atoms with Gasteiger partial charge in [-0.25, -0.2) is 8.42 Å². The van der Waals surface area contributed by atoms with E-state index in [1.807, 2.05) is 12.1 Å². The van der Waals surface area contributed by atoms with Crippen LogP contribution >= 0.6 is 0 Å². The van der Waals surface area contributed by atoms with Crippen LogP contribution in [0.25, 0.3) is 0 Å². The van der Waals surface area contributed by atoms with E-state index in [0.29, 0.717) is 17.4 Å². The highest BCUT2D eigenvalue weighted by atomic mass is 32.2. The quantitative estimate of drug-likeness (QED) is 0.806. The highest BCUT2D eigenvalue weighted by Crippen LogP contribution is 2.34. The summed E-state index contributed by atoms with van der Waals surface area (Å²) < 4.78 is 28.0. The molecule has 1 aromatic rings. The molecule has 0 amide bonds. The summed E-state index contributed by atoms with van der Waals surface area (Å²) in [5.74, 6) is 1.52. The second-order valence-electron chi connectivity index (χ2n) is 6.43. The summed E-state index contributed by atoms with van der Waals surface area (Å²) in [5.41, 5.74) is 9.11. The Morgan fingerprint density at radius 3 is 2.48 bits per heavy atom.